The number of hydrogen-bond donors (Lipinski definition) is 0. The standard InChI is InChI=1S/C17H23FNP/c1-7-15-14(18)10-13-16(19-15)9-8-12(11(2)3)17(13)20(4,5)6/h8-11H,4,7H2,1-3,5-6H3. The maximum absolute atomic E-state index is 14.2. The van der Waals surface area contributed by atoms with Crippen LogP contribution >= 0.6 is 6.89 Å². The van der Waals surface area contributed by atoms with Gasteiger partial charge in [0.1, 0.15) is 5.82 Å². The lowest BCUT2D eigenvalue weighted by Crippen LogP contribution is -2.14. The molecule has 0 N–H and O–H groups in total. The lowest BCUT2D eigenvalue weighted by atomic mass is 10.0. The Labute approximate surface area is 121 Å². The van der Waals surface area contributed by atoms with E-state index in [2.05, 4.69) is 44.5 Å². The topological polar surface area (TPSA) is 12.9 Å². The number of rotatable bonds is 3. The Morgan fingerprint density at radius 3 is 2.45 bits per heavy atom. The summed E-state index contributed by atoms with van der Waals surface area (Å²) in [6.45, 7) is 9.13. The van der Waals surface area contributed by atoms with Gasteiger partial charge in [-0.05, 0) is 48.7 Å². The Balaban J connectivity index is 2.91. The Kier molecular flexibility index (Phi) is 4.07. The SMILES string of the molecule is C=P(C)(C)c1c(C(C)C)ccc2nc(CC)c(F)cc12. The molecule has 0 aliphatic rings. The maximum atomic E-state index is 14.2. The minimum atomic E-state index is -1.51. The highest BCUT2D eigenvalue weighted by atomic mass is 31.2. The molecule has 1 heterocycles. The molecule has 1 aromatic carbocycles. The van der Waals surface area contributed by atoms with E-state index in [4.69, 9.17) is 0 Å². The van der Waals surface area contributed by atoms with Gasteiger partial charge in [0.2, 0.25) is 0 Å². The van der Waals surface area contributed by atoms with Crippen molar-refractivity contribution in [1.82, 2.24) is 4.98 Å². The first-order valence-corrected chi connectivity index (χ1v) is 9.93. The molecule has 108 valence electrons. The molecule has 3 heteroatoms. The van der Waals surface area contributed by atoms with Crippen molar-refractivity contribution < 1.29 is 4.39 Å². The van der Waals surface area contributed by atoms with Gasteiger partial charge in [0, 0.05) is 5.39 Å². The van der Waals surface area contributed by atoms with E-state index in [-0.39, 0.29) is 5.82 Å². The molecule has 2 rings (SSSR count). The highest BCUT2D eigenvalue weighted by Crippen LogP contribution is 2.40. The number of nitrogens with zero attached hydrogens (tertiary/aromatic N) is 1. The van der Waals surface area contributed by atoms with Crippen LogP contribution in [0.5, 0.6) is 0 Å². The highest BCUT2D eigenvalue weighted by Gasteiger charge is 2.18. The summed E-state index contributed by atoms with van der Waals surface area (Å²) in [4.78, 5) is 4.48. The van der Waals surface area contributed by atoms with Crippen molar-refractivity contribution in [1.29, 1.82) is 0 Å². The largest absolute Gasteiger partial charge is 0.250 e. The molecule has 0 spiro atoms. The van der Waals surface area contributed by atoms with Crippen molar-refractivity contribution >= 4 is 29.4 Å². The Morgan fingerprint density at radius 1 is 1.30 bits per heavy atom. The van der Waals surface area contributed by atoms with Crippen LogP contribution in [-0.2, 0) is 6.42 Å². The zero-order valence-electron chi connectivity index (χ0n) is 13.0. The fraction of sp³-hybridized carbons (Fsp3) is 0.412. The predicted molar refractivity (Wildman–Crippen MR) is 90.7 cm³/mol. The number of pyridine rings is 1. The van der Waals surface area contributed by atoms with Crippen LogP contribution in [0.15, 0.2) is 18.2 Å². The second kappa shape index (κ2) is 5.33. The third-order valence-electron chi connectivity index (χ3n) is 3.59. The molecule has 0 saturated carbocycles. The fourth-order valence-corrected chi connectivity index (χ4v) is 4.52. The van der Waals surface area contributed by atoms with Gasteiger partial charge >= 0.3 is 0 Å². The summed E-state index contributed by atoms with van der Waals surface area (Å²) in [5, 5.41) is 2.17. The van der Waals surface area contributed by atoms with Gasteiger partial charge in [-0.2, -0.15) is 0 Å². The number of fused-ring (bicyclic) bond motifs is 1. The van der Waals surface area contributed by atoms with Gasteiger partial charge in [0.05, 0.1) is 11.2 Å². The van der Waals surface area contributed by atoms with E-state index in [1.807, 2.05) is 13.0 Å². The molecule has 0 atom stereocenters. The molecular weight excluding hydrogens is 268 g/mol. The first-order chi connectivity index (χ1) is 9.25. The summed E-state index contributed by atoms with van der Waals surface area (Å²) >= 11 is 0. The second-order valence-electron chi connectivity index (χ2n) is 6.18. The quantitative estimate of drug-likeness (QED) is 0.764. The normalized spacial score (nSPS) is 12.3. The van der Waals surface area contributed by atoms with Crippen LogP contribution in [-0.4, -0.2) is 24.6 Å². The number of aryl methyl sites for hydroxylation is 1. The molecule has 1 aromatic heterocycles. The van der Waals surface area contributed by atoms with E-state index in [0.29, 0.717) is 18.0 Å². The van der Waals surface area contributed by atoms with E-state index in [9.17, 15) is 4.39 Å². The first-order valence-electron chi connectivity index (χ1n) is 7.06. The minimum absolute atomic E-state index is 0.199. The molecule has 0 amide bonds. The highest BCUT2D eigenvalue weighted by molar-refractivity contribution is 7.79. The van der Waals surface area contributed by atoms with Crippen LogP contribution in [0.25, 0.3) is 10.9 Å². The van der Waals surface area contributed by atoms with Crippen molar-refractivity contribution in [2.24, 2.45) is 0 Å². The smallest absolute Gasteiger partial charge is 0.145 e. The summed E-state index contributed by atoms with van der Waals surface area (Å²) < 4.78 is 14.2. The van der Waals surface area contributed by atoms with Crippen LogP contribution in [0, 0.1) is 5.82 Å². The molecule has 0 saturated heterocycles. The number of hydrogen-bond acceptors (Lipinski definition) is 1. The van der Waals surface area contributed by atoms with E-state index >= 15 is 0 Å². The van der Waals surface area contributed by atoms with Crippen molar-refractivity contribution in [2.45, 2.75) is 33.1 Å². The van der Waals surface area contributed by atoms with Crippen LogP contribution < -0.4 is 5.30 Å². The van der Waals surface area contributed by atoms with Gasteiger partial charge in [-0.25, -0.2) is 9.37 Å². The van der Waals surface area contributed by atoms with E-state index in [0.717, 1.165) is 10.9 Å². The third kappa shape index (κ3) is 2.67. The van der Waals surface area contributed by atoms with E-state index < -0.39 is 6.89 Å². The van der Waals surface area contributed by atoms with Gasteiger partial charge in [0.25, 0.3) is 0 Å². The number of halogens is 1. The lowest BCUT2D eigenvalue weighted by molar-refractivity contribution is 0.605. The summed E-state index contributed by atoms with van der Waals surface area (Å²) in [6.07, 6.45) is 4.98. The molecule has 0 aliphatic heterocycles. The zero-order chi connectivity index (χ0) is 15.1. The van der Waals surface area contributed by atoms with E-state index in [1.165, 1.54) is 10.9 Å². The van der Waals surface area contributed by atoms with Crippen molar-refractivity contribution in [2.75, 3.05) is 13.3 Å². The average Bonchev–Trinajstić information content (AvgIpc) is 2.35. The Morgan fingerprint density at radius 2 is 1.95 bits per heavy atom. The van der Waals surface area contributed by atoms with Gasteiger partial charge < -0.3 is 0 Å². The number of aromatic nitrogens is 1. The van der Waals surface area contributed by atoms with Gasteiger partial charge in [-0.1, -0.05) is 40.0 Å². The molecule has 0 fully saturated rings. The van der Waals surface area contributed by atoms with E-state index in [1.54, 1.807) is 6.07 Å². The summed E-state index contributed by atoms with van der Waals surface area (Å²) in [5.41, 5.74) is 2.71. The molecular formula is C17H23FNP. The third-order valence-corrected chi connectivity index (χ3v) is 5.30. The second-order valence-corrected chi connectivity index (χ2v) is 10.00. The molecule has 0 unspecified atom stereocenters. The Hall–Kier alpha value is -1.14. The summed E-state index contributed by atoms with van der Waals surface area (Å²) in [6, 6.07) is 5.82. The Bertz CT molecular complexity index is 698. The molecule has 2 aromatic rings. The van der Waals surface area contributed by atoms with Crippen molar-refractivity contribution in [3.8, 4) is 0 Å². The number of benzene rings is 1. The van der Waals surface area contributed by atoms with Gasteiger partial charge in [0.15, 0.2) is 0 Å². The molecule has 0 aliphatic carbocycles. The minimum Gasteiger partial charge on any atom is -0.250 e. The molecule has 20 heavy (non-hydrogen) atoms. The predicted octanol–water partition coefficient (Wildman–Crippen LogP) is 4.39. The summed E-state index contributed by atoms with van der Waals surface area (Å²) in [7, 11) is 0. The van der Waals surface area contributed by atoms with Crippen LogP contribution in [0.4, 0.5) is 4.39 Å². The fourth-order valence-electron chi connectivity index (χ4n) is 2.65. The first kappa shape index (κ1) is 15.3. The molecule has 1 nitrogen and oxygen atoms in total. The van der Waals surface area contributed by atoms with Gasteiger partial charge in [-0.3, -0.25) is 0 Å². The van der Waals surface area contributed by atoms with Gasteiger partial charge in [-0.15, -0.1) is 0 Å². The maximum Gasteiger partial charge on any atom is 0.145 e. The lowest BCUT2D eigenvalue weighted by Gasteiger charge is -2.23. The van der Waals surface area contributed by atoms with Crippen molar-refractivity contribution in [3.05, 3.63) is 35.3 Å². The van der Waals surface area contributed by atoms with Crippen LogP contribution in [0.2, 0.25) is 0 Å². The average molecular weight is 291 g/mol. The zero-order valence-corrected chi connectivity index (χ0v) is 13.9. The molecule has 0 radical (unpaired) electrons. The van der Waals surface area contributed by atoms with Crippen LogP contribution in [0.3, 0.4) is 0 Å². The van der Waals surface area contributed by atoms with Crippen molar-refractivity contribution in [3.63, 3.8) is 0 Å². The molecule has 0 bridgehead atoms. The monoisotopic (exact) mass is 291 g/mol. The van der Waals surface area contributed by atoms with Crippen LogP contribution in [0.1, 0.15) is 37.9 Å². The summed E-state index contributed by atoms with van der Waals surface area (Å²) in [5.74, 6) is 0.208.